The van der Waals surface area contributed by atoms with E-state index in [1.54, 1.807) is 0 Å². The number of sulfonamides is 1. The number of nitrogens with one attached hydrogen (secondary N) is 1. The molecular weight excluding hydrogens is 272 g/mol. The minimum atomic E-state index is -3.37. The van der Waals surface area contributed by atoms with Crippen LogP contribution in [-0.2, 0) is 19.5 Å². The van der Waals surface area contributed by atoms with Crippen LogP contribution in [0.25, 0.3) is 0 Å². The summed E-state index contributed by atoms with van der Waals surface area (Å²) < 4.78 is 35.7. The Labute approximate surface area is 114 Å². The zero-order chi connectivity index (χ0) is 14.1. The molecule has 19 heavy (non-hydrogen) atoms. The number of rotatable bonds is 9. The van der Waals surface area contributed by atoms with Crippen molar-refractivity contribution in [2.45, 2.75) is 13.0 Å². The predicted molar refractivity (Wildman–Crippen MR) is 71.5 cm³/mol. The zero-order valence-electron chi connectivity index (χ0n) is 11.4. The van der Waals surface area contributed by atoms with Crippen LogP contribution in [0.3, 0.4) is 0 Å². The molecule has 0 aromatic rings. The molecule has 1 aliphatic heterocycles. The first-order valence-corrected chi connectivity index (χ1v) is 8.22. The smallest absolute Gasteiger partial charge is 0.213 e. The molecule has 0 radical (unpaired) electrons. The Morgan fingerprint density at radius 3 is 2.74 bits per heavy atom. The topological polar surface area (TPSA) is 88.1 Å². The van der Waals surface area contributed by atoms with Gasteiger partial charge in [-0.2, -0.15) is 0 Å². The number of hydrogen-bond acceptors (Lipinski definition) is 6. The van der Waals surface area contributed by atoms with E-state index in [0.717, 1.165) is 13.1 Å². The SMILES string of the molecule is CCOCCS(=O)(=O)NCC(O)CN1CCOCC1. The van der Waals surface area contributed by atoms with Gasteiger partial charge in [0.15, 0.2) is 0 Å². The van der Waals surface area contributed by atoms with E-state index in [0.29, 0.717) is 26.4 Å². The molecule has 1 atom stereocenters. The average molecular weight is 296 g/mol. The van der Waals surface area contributed by atoms with E-state index in [1.807, 2.05) is 6.92 Å². The number of ether oxygens (including phenoxy) is 2. The zero-order valence-corrected chi connectivity index (χ0v) is 12.2. The molecule has 0 aliphatic carbocycles. The van der Waals surface area contributed by atoms with Crippen molar-refractivity contribution in [1.82, 2.24) is 9.62 Å². The van der Waals surface area contributed by atoms with Gasteiger partial charge in [0.2, 0.25) is 10.0 Å². The lowest BCUT2D eigenvalue weighted by Crippen LogP contribution is -2.45. The van der Waals surface area contributed by atoms with Crippen molar-refractivity contribution in [3.63, 3.8) is 0 Å². The molecule has 0 bridgehead atoms. The van der Waals surface area contributed by atoms with Crippen LogP contribution < -0.4 is 4.72 Å². The van der Waals surface area contributed by atoms with Crippen molar-refractivity contribution in [2.75, 3.05) is 58.4 Å². The fourth-order valence-corrected chi connectivity index (χ4v) is 2.68. The highest BCUT2D eigenvalue weighted by molar-refractivity contribution is 7.89. The van der Waals surface area contributed by atoms with Crippen LogP contribution in [0.5, 0.6) is 0 Å². The summed E-state index contributed by atoms with van der Waals surface area (Å²) in [5, 5.41) is 9.80. The summed E-state index contributed by atoms with van der Waals surface area (Å²) in [7, 11) is -3.37. The van der Waals surface area contributed by atoms with E-state index in [9.17, 15) is 13.5 Å². The van der Waals surface area contributed by atoms with Crippen LogP contribution in [0, 0.1) is 0 Å². The number of morpholine rings is 1. The molecule has 2 N–H and O–H groups in total. The van der Waals surface area contributed by atoms with Gasteiger partial charge < -0.3 is 14.6 Å². The Hall–Kier alpha value is -0.250. The van der Waals surface area contributed by atoms with Crippen LogP contribution in [-0.4, -0.2) is 82.9 Å². The molecule has 1 heterocycles. The number of β-amino-alcohol motifs (C(OH)–C–C–N with tert-alkyl or cyclic N) is 1. The van der Waals surface area contributed by atoms with Crippen molar-refractivity contribution >= 4 is 10.0 Å². The quantitative estimate of drug-likeness (QED) is 0.511. The van der Waals surface area contributed by atoms with Gasteiger partial charge in [-0.25, -0.2) is 13.1 Å². The number of nitrogens with zero attached hydrogens (tertiary/aromatic N) is 1. The van der Waals surface area contributed by atoms with Crippen LogP contribution in [0.1, 0.15) is 6.92 Å². The molecule has 1 saturated heterocycles. The van der Waals surface area contributed by atoms with Crippen molar-refractivity contribution in [3.8, 4) is 0 Å². The van der Waals surface area contributed by atoms with Gasteiger partial charge in [-0.3, -0.25) is 4.90 Å². The van der Waals surface area contributed by atoms with E-state index < -0.39 is 16.1 Å². The lowest BCUT2D eigenvalue weighted by atomic mass is 10.3. The van der Waals surface area contributed by atoms with Gasteiger partial charge in [0.25, 0.3) is 0 Å². The predicted octanol–water partition coefficient (Wildman–Crippen LogP) is -1.36. The van der Waals surface area contributed by atoms with E-state index in [4.69, 9.17) is 9.47 Å². The number of aliphatic hydroxyl groups is 1. The van der Waals surface area contributed by atoms with E-state index in [1.165, 1.54) is 0 Å². The molecule has 1 aliphatic rings. The third-order valence-electron chi connectivity index (χ3n) is 2.81. The van der Waals surface area contributed by atoms with E-state index in [-0.39, 0.29) is 18.9 Å². The van der Waals surface area contributed by atoms with Gasteiger partial charge in [0.1, 0.15) is 0 Å². The highest BCUT2D eigenvalue weighted by Gasteiger charge is 2.17. The maximum atomic E-state index is 11.6. The fraction of sp³-hybridized carbons (Fsp3) is 1.00. The fourth-order valence-electron chi connectivity index (χ4n) is 1.75. The third-order valence-corrected chi connectivity index (χ3v) is 4.12. The molecule has 114 valence electrons. The summed E-state index contributed by atoms with van der Waals surface area (Å²) in [6, 6.07) is 0. The van der Waals surface area contributed by atoms with Crippen molar-refractivity contribution in [2.24, 2.45) is 0 Å². The van der Waals surface area contributed by atoms with Crippen LogP contribution in [0.4, 0.5) is 0 Å². The first-order chi connectivity index (χ1) is 9.03. The van der Waals surface area contributed by atoms with Gasteiger partial charge in [-0.1, -0.05) is 0 Å². The lowest BCUT2D eigenvalue weighted by molar-refractivity contribution is 0.0158. The highest BCUT2D eigenvalue weighted by atomic mass is 32.2. The molecule has 0 aromatic heterocycles. The summed E-state index contributed by atoms with van der Waals surface area (Å²) >= 11 is 0. The molecule has 0 amide bonds. The highest BCUT2D eigenvalue weighted by Crippen LogP contribution is 1.98. The minimum absolute atomic E-state index is 0.0335. The van der Waals surface area contributed by atoms with Crippen molar-refractivity contribution in [1.29, 1.82) is 0 Å². The third kappa shape index (κ3) is 7.81. The maximum absolute atomic E-state index is 11.6. The maximum Gasteiger partial charge on any atom is 0.213 e. The molecular formula is C11H24N2O5S. The van der Waals surface area contributed by atoms with Crippen LogP contribution in [0.15, 0.2) is 0 Å². The standard InChI is InChI=1S/C11H24N2O5S/c1-2-17-7-8-19(15,16)12-9-11(14)10-13-3-5-18-6-4-13/h11-12,14H,2-10H2,1H3. The second-order valence-electron chi connectivity index (χ2n) is 4.43. The van der Waals surface area contributed by atoms with Gasteiger partial charge in [0, 0.05) is 32.8 Å². The molecule has 0 saturated carbocycles. The van der Waals surface area contributed by atoms with E-state index >= 15 is 0 Å². The largest absolute Gasteiger partial charge is 0.390 e. The molecule has 1 rings (SSSR count). The summed E-state index contributed by atoms with van der Waals surface area (Å²) in [4.78, 5) is 2.06. The molecule has 8 heteroatoms. The molecule has 0 aromatic carbocycles. The van der Waals surface area contributed by atoms with Gasteiger partial charge in [0.05, 0.1) is 31.7 Å². The Morgan fingerprint density at radius 2 is 2.11 bits per heavy atom. The number of hydrogen-bond donors (Lipinski definition) is 2. The molecule has 0 spiro atoms. The van der Waals surface area contributed by atoms with Crippen molar-refractivity contribution in [3.05, 3.63) is 0 Å². The summed E-state index contributed by atoms with van der Waals surface area (Å²) in [5.41, 5.74) is 0. The Morgan fingerprint density at radius 1 is 1.42 bits per heavy atom. The average Bonchev–Trinajstić information content (AvgIpc) is 2.38. The Bertz CT molecular complexity index is 330. The Balaban J connectivity index is 2.18. The van der Waals surface area contributed by atoms with Crippen LogP contribution in [0.2, 0.25) is 0 Å². The molecule has 7 nitrogen and oxygen atoms in total. The molecule has 1 unspecified atom stereocenters. The summed E-state index contributed by atoms with van der Waals surface area (Å²) in [5.74, 6) is -0.0783. The monoisotopic (exact) mass is 296 g/mol. The summed E-state index contributed by atoms with van der Waals surface area (Å²) in [6.07, 6.45) is -0.708. The second-order valence-corrected chi connectivity index (χ2v) is 6.36. The van der Waals surface area contributed by atoms with E-state index in [2.05, 4.69) is 9.62 Å². The second kappa shape index (κ2) is 8.83. The lowest BCUT2D eigenvalue weighted by Gasteiger charge is -2.28. The first-order valence-electron chi connectivity index (χ1n) is 6.56. The van der Waals surface area contributed by atoms with Gasteiger partial charge in [-0.15, -0.1) is 0 Å². The Kier molecular flexibility index (Phi) is 7.81. The molecule has 1 fully saturated rings. The van der Waals surface area contributed by atoms with Gasteiger partial charge in [-0.05, 0) is 6.92 Å². The van der Waals surface area contributed by atoms with Crippen LogP contribution >= 0.6 is 0 Å². The normalized spacial score (nSPS) is 19.5. The minimum Gasteiger partial charge on any atom is -0.390 e. The number of aliphatic hydroxyl groups excluding tert-OH is 1. The summed E-state index contributed by atoms with van der Waals surface area (Å²) in [6.45, 7) is 5.83. The first kappa shape index (κ1) is 16.8. The van der Waals surface area contributed by atoms with Gasteiger partial charge >= 0.3 is 0 Å². The van der Waals surface area contributed by atoms with Crippen molar-refractivity contribution < 1.29 is 23.0 Å².